The number of nitrogens with zero attached hydrogens (tertiary/aromatic N) is 2. The van der Waals surface area contributed by atoms with Gasteiger partial charge in [-0.25, -0.2) is 0 Å². The summed E-state index contributed by atoms with van der Waals surface area (Å²) in [6.07, 6.45) is 4.42. The fourth-order valence-corrected chi connectivity index (χ4v) is 2.37. The third-order valence-electron chi connectivity index (χ3n) is 3.16. The van der Waals surface area contributed by atoms with Gasteiger partial charge in [0.05, 0.1) is 6.07 Å². The van der Waals surface area contributed by atoms with Gasteiger partial charge in [-0.3, -0.25) is 4.90 Å². The largest absolute Gasteiger partial charge is 0.317 e. The Morgan fingerprint density at radius 3 is 2.87 bits per heavy atom. The lowest BCUT2D eigenvalue weighted by Crippen LogP contribution is -2.41. The van der Waals surface area contributed by atoms with Gasteiger partial charge in [-0.15, -0.1) is 0 Å². The molecule has 1 fully saturated rings. The Morgan fingerprint density at radius 2 is 2.20 bits per heavy atom. The van der Waals surface area contributed by atoms with Gasteiger partial charge < -0.3 is 5.32 Å². The minimum Gasteiger partial charge on any atom is -0.317 e. The second-order valence-corrected chi connectivity index (χ2v) is 4.57. The smallest absolute Gasteiger partial charge is 0.0635 e. The van der Waals surface area contributed by atoms with Crippen LogP contribution in [0.3, 0.4) is 0 Å². The first-order valence-electron chi connectivity index (χ1n) is 6.09. The Kier molecular flexibility index (Phi) is 5.67. The highest BCUT2D eigenvalue weighted by atomic mass is 15.2. The van der Waals surface area contributed by atoms with Crippen LogP contribution in [0.4, 0.5) is 0 Å². The fraction of sp³-hybridized carbons (Fsp3) is 0.917. The highest BCUT2D eigenvalue weighted by Crippen LogP contribution is 2.16. The summed E-state index contributed by atoms with van der Waals surface area (Å²) in [5.74, 6) is 0. The van der Waals surface area contributed by atoms with Crippen LogP contribution in [0.15, 0.2) is 0 Å². The maximum absolute atomic E-state index is 8.66. The topological polar surface area (TPSA) is 39.1 Å². The minimum atomic E-state index is 0.557. The molecule has 1 heterocycles. The van der Waals surface area contributed by atoms with Crippen molar-refractivity contribution in [2.75, 3.05) is 19.6 Å². The molecule has 0 saturated carbocycles. The summed E-state index contributed by atoms with van der Waals surface area (Å²) in [7, 11) is 0. The first-order valence-corrected chi connectivity index (χ1v) is 6.09. The van der Waals surface area contributed by atoms with Gasteiger partial charge in [-0.1, -0.05) is 0 Å². The van der Waals surface area contributed by atoms with Gasteiger partial charge in [-0.2, -0.15) is 5.26 Å². The summed E-state index contributed by atoms with van der Waals surface area (Å²) < 4.78 is 0. The molecule has 86 valence electrons. The van der Waals surface area contributed by atoms with E-state index in [1.807, 2.05) is 0 Å². The van der Waals surface area contributed by atoms with Crippen LogP contribution >= 0.6 is 0 Å². The molecule has 0 aromatic rings. The third-order valence-corrected chi connectivity index (χ3v) is 3.16. The summed E-state index contributed by atoms with van der Waals surface area (Å²) in [5, 5.41) is 12.1. The van der Waals surface area contributed by atoms with E-state index in [-0.39, 0.29) is 0 Å². The fourth-order valence-electron chi connectivity index (χ4n) is 2.37. The number of nitrogens with one attached hydrogen (secondary N) is 1. The second-order valence-electron chi connectivity index (χ2n) is 4.57. The number of rotatable bonds is 4. The van der Waals surface area contributed by atoms with Crippen LogP contribution in [0.1, 0.15) is 39.5 Å². The van der Waals surface area contributed by atoms with E-state index in [4.69, 9.17) is 5.26 Å². The molecule has 0 amide bonds. The summed E-state index contributed by atoms with van der Waals surface area (Å²) in [6, 6.07) is 3.48. The normalized spacial score (nSPS) is 22.7. The van der Waals surface area contributed by atoms with Crippen molar-refractivity contribution in [3.63, 3.8) is 0 Å². The summed E-state index contributed by atoms with van der Waals surface area (Å²) in [6.45, 7) is 7.67. The number of hydrogen-bond donors (Lipinski definition) is 1. The Morgan fingerprint density at radius 1 is 1.40 bits per heavy atom. The molecule has 1 atom stereocenters. The zero-order valence-electron chi connectivity index (χ0n) is 10.00. The van der Waals surface area contributed by atoms with Crippen molar-refractivity contribution in [1.29, 1.82) is 5.26 Å². The van der Waals surface area contributed by atoms with Crippen molar-refractivity contribution in [3.05, 3.63) is 0 Å². The molecular formula is C12H23N3. The SMILES string of the molecule is CC(C)N(CCC#N)C1CCCNCC1. The van der Waals surface area contributed by atoms with Crippen molar-refractivity contribution >= 4 is 0 Å². The van der Waals surface area contributed by atoms with Gasteiger partial charge in [0.25, 0.3) is 0 Å². The summed E-state index contributed by atoms with van der Waals surface area (Å²) >= 11 is 0. The van der Waals surface area contributed by atoms with E-state index < -0.39 is 0 Å². The monoisotopic (exact) mass is 209 g/mol. The highest BCUT2D eigenvalue weighted by Gasteiger charge is 2.21. The molecular weight excluding hydrogens is 186 g/mol. The summed E-state index contributed by atoms with van der Waals surface area (Å²) in [5.41, 5.74) is 0. The molecule has 0 aromatic heterocycles. The Balaban J connectivity index is 2.49. The van der Waals surface area contributed by atoms with Gasteiger partial charge in [0.2, 0.25) is 0 Å². The standard InChI is InChI=1S/C12H23N3/c1-11(2)15(10-4-7-13)12-5-3-8-14-9-6-12/h11-12,14H,3-6,8-10H2,1-2H3. The predicted octanol–water partition coefficient (Wildman–Crippen LogP) is 1.75. The molecule has 0 radical (unpaired) electrons. The molecule has 3 nitrogen and oxygen atoms in total. The van der Waals surface area contributed by atoms with E-state index in [0.29, 0.717) is 18.5 Å². The quantitative estimate of drug-likeness (QED) is 0.766. The van der Waals surface area contributed by atoms with Crippen LogP contribution in [-0.2, 0) is 0 Å². The average molecular weight is 209 g/mol. The van der Waals surface area contributed by atoms with Crippen LogP contribution in [0, 0.1) is 11.3 Å². The van der Waals surface area contributed by atoms with E-state index in [0.717, 1.165) is 19.6 Å². The van der Waals surface area contributed by atoms with Crippen LogP contribution in [0.2, 0.25) is 0 Å². The molecule has 0 spiro atoms. The Bertz CT molecular complexity index is 199. The molecule has 1 saturated heterocycles. The lowest BCUT2D eigenvalue weighted by molar-refractivity contribution is 0.144. The summed E-state index contributed by atoms with van der Waals surface area (Å²) in [4.78, 5) is 2.50. The van der Waals surface area contributed by atoms with Crippen LogP contribution in [-0.4, -0.2) is 36.6 Å². The molecule has 1 aliphatic rings. The van der Waals surface area contributed by atoms with E-state index in [9.17, 15) is 0 Å². The molecule has 1 rings (SSSR count). The van der Waals surface area contributed by atoms with Gasteiger partial charge >= 0.3 is 0 Å². The molecule has 1 aliphatic heterocycles. The van der Waals surface area contributed by atoms with E-state index in [1.54, 1.807) is 0 Å². The Hall–Kier alpha value is -0.590. The Labute approximate surface area is 93.5 Å². The third kappa shape index (κ3) is 4.19. The first-order chi connectivity index (χ1) is 7.25. The van der Waals surface area contributed by atoms with Crippen molar-refractivity contribution < 1.29 is 0 Å². The van der Waals surface area contributed by atoms with Crippen LogP contribution in [0.25, 0.3) is 0 Å². The molecule has 1 unspecified atom stereocenters. The maximum Gasteiger partial charge on any atom is 0.0635 e. The lowest BCUT2D eigenvalue weighted by Gasteiger charge is -2.33. The second kappa shape index (κ2) is 6.81. The molecule has 0 aromatic carbocycles. The molecule has 0 aliphatic carbocycles. The van der Waals surface area contributed by atoms with Gasteiger partial charge in [0, 0.05) is 25.0 Å². The molecule has 1 N–H and O–H groups in total. The molecule has 3 heteroatoms. The minimum absolute atomic E-state index is 0.557. The van der Waals surface area contributed by atoms with E-state index in [1.165, 1.54) is 19.3 Å². The van der Waals surface area contributed by atoms with Crippen LogP contribution in [0.5, 0.6) is 0 Å². The number of hydrogen-bond acceptors (Lipinski definition) is 3. The zero-order valence-corrected chi connectivity index (χ0v) is 10.00. The van der Waals surface area contributed by atoms with Gasteiger partial charge in [0.15, 0.2) is 0 Å². The zero-order chi connectivity index (χ0) is 11.1. The predicted molar refractivity (Wildman–Crippen MR) is 62.6 cm³/mol. The first kappa shape index (κ1) is 12.5. The highest BCUT2D eigenvalue weighted by molar-refractivity contribution is 4.81. The van der Waals surface area contributed by atoms with E-state index >= 15 is 0 Å². The van der Waals surface area contributed by atoms with Crippen molar-refractivity contribution in [2.24, 2.45) is 0 Å². The molecule has 15 heavy (non-hydrogen) atoms. The van der Waals surface area contributed by atoms with Gasteiger partial charge in [0.1, 0.15) is 0 Å². The molecule has 0 bridgehead atoms. The maximum atomic E-state index is 8.66. The average Bonchev–Trinajstić information content (AvgIpc) is 2.47. The lowest BCUT2D eigenvalue weighted by atomic mass is 10.1. The van der Waals surface area contributed by atoms with Crippen molar-refractivity contribution in [2.45, 2.75) is 51.6 Å². The van der Waals surface area contributed by atoms with Crippen LogP contribution < -0.4 is 5.32 Å². The van der Waals surface area contributed by atoms with Crippen molar-refractivity contribution in [3.8, 4) is 6.07 Å². The van der Waals surface area contributed by atoms with E-state index in [2.05, 4.69) is 30.1 Å². The van der Waals surface area contributed by atoms with Crippen molar-refractivity contribution in [1.82, 2.24) is 10.2 Å². The number of nitriles is 1. The van der Waals surface area contributed by atoms with Gasteiger partial charge in [-0.05, 0) is 46.2 Å².